The van der Waals surface area contributed by atoms with E-state index in [4.69, 9.17) is 9.47 Å². The Balaban J connectivity index is 2.21. The van der Waals surface area contributed by atoms with Gasteiger partial charge in [0.05, 0.1) is 19.8 Å². The molecule has 6 heteroatoms. The zero-order chi connectivity index (χ0) is 20.9. The molecule has 0 N–H and O–H groups in total. The molecule has 1 fully saturated rings. The van der Waals surface area contributed by atoms with Crippen LogP contribution in [0.3, 0.4) is 0 Å². The summed E-state index contributed by atoms with van der Waals surface area (Å²) in [4.78, 5) is 38.2. The summed E-state index contributed by atoms with van der Waals surface area (Å²) in [5.41, 5.74) is 2.20. The van der Waals surface area contributed by atoms with Crippen molar-refractivity contribution >= 4 is 17.8 Å². The van der Waals surface area contributed by atoms with Gasteiger partial charge in [-0.25, -0.2) is 4.79 Å². The van der Waals surface area contributed by atoms with Crippen LogP contribution in [0.1, 0.15) is 64.1 Å². The van der Waals surface area contributed by atoms with Crippen molar-refractivity contribution in [2.45, 2.75) is 58.4 Å². The molecule has 2 atom stereocenters. The lowest BCUT2D eigenvalue weighted by molar-refractivity contribution is -0.146. The number of hydrogen-bond donors (Lipinski definition) is 0. The van der Waals surface area contributed by atoms with Gasteiger partial charge in [-0.3, -0.25) is 9.59 Å². The Morgan fingerprint density at radius 3 is 2.32 bits per heavy atom. The molecule has 0 bridgehead atoms. The van der Waals surface area contributed by atoms with Crippen molar-refractivity contribution in [1.82, 2.24) is 4.90 Å². The van der Waals surface area contributed by atoms with E-state index in [1.54, 1.807) is 11.8 Å². The van der Waals surface area contributed by atoms with Gasteiger partial charge in [-0.05, 0) is 36.3 Å². The second-order valence-corrected chi connectivity index (χ2v) is 8.22. The quantitative estimate of drug-likeness (QED) is 0.562. The Morgan fingerprint density at radius 1 is 1.14 bits per heavy atom. The highest BCUT2D eigenvalue weighted by atomic mass is 16.5. The van der Waals surface area contributed by atoms with Crippen LogP contribution >= 0.6 is 0 Å². The lowest BCUT2D eigenvalue weighted by Gasteiger charge is -2.38. The molecule has 1 amide bonds. The molecule has 6 nitrogen and oxygen atoms in total. The minimum atomic E-state index is -0.492. The zero-order valence-electron chi connectivity index (χ0n) is 17.5. The predicted octanol–water partition coefficient (Wildman–Crippen LogP) is 4.03. The first-order valence-electron chi connectivity index (χ1n) is 9.80. The number of esters is 1. The van der Waals surface area contributed by atoms with Crippen molar-refractivity contribution in [2.75, 3.05) is 20.3 Å². The van der Waals surface area contributed by atoms with E-state index >= 15 is 0 Å². The van der Waals surface area contributed by atoms with Gasteiger partial charge in [0.2, 0.25) is 0 Å². The van der Waals surface area contributed by atoms with Crippen LogP contribution in [0.2, 0.25) is 0 Å². The summed E-state index contributed by atoms with van der Waals surface area (Å²) in [6.45, 7) is 8.83. The van der Waals surface area contributed by atoms with Crippen LogP contribution in [0.5, 0.6) is 0 Å². The SMILES string of the molecule is CCOC(=O)CC(=O)[C@@H]1CCN(C(=O)OC)[C@@H](c2ccc(C(C)(C)C)cc2)C1. The van der Waals surface area contributed by atoms with E-state index in [9.17, 15) is 14.4 Å². The monoisotopic (exact) mass is 389 g/mol. The van der Waals surface area contributed by atoms with Crippen LogP contribution in [-0.2, 0) is 24.5 Å². The topological polar surface area (TPSA) is 72.9 Å². The molecule has 0 unspecified atom stereocenters. The second-order valence-electron chi connectivity index (χ2n) is 8.22. The molecule has 1 aliphatic heterocycles. The maximum absolute atomic E-state index is 12.6. The number of nitrogens with zero attached hydrogens (tertiary/aromatic N) is 1. The van der Waals surface area contributed by atoms with Crippen LogP contribution in [0, 0.1) is 5.92 Å². The van der Waals surface area contributed by atoms with Gasteiger partial charge in [0.1, 0.15) is 12.2 Å². The summed E-state index contributed by atoms with van der Waals surface area (Å²) >= 11 is 0. The normalized spacial score (nSPS) is 19.8. The molecule has 1 aromatic rings. The minimum Gasteiger partial charge on any atom is -0.466 e. The Kier molecular flexibility index (Phi) is 7.22. The van der Waals surface area contributed by atoms with Gasteiger partial charge in [-0.2, -0.15) is 0 Å². The molecule has 0 aliphatic carbocycles. The Bertz CT molecular complexity index is 705. The summed E-state index contributed by atoms with van der Waals surface area (Å²) in [6, 6.07) is 7.90. The molecule has 0 aromatic heterocycles. The van der Waals surface area contributed by atoms with Gasteiger partial charge in [0.15, 0.2) is 0 Å². The highest BCUT2D eigenvalue weighted by Gasteiger charge is 2.36. The highest BCUT2D eigenvalue weighted by Crippen LogP contribution is 2.36. The predicted molar refractivity (Wildman–Crippen MR) is 106 cm³/mol. The van der Waals surface area contributed by atoms with Crippen molar-refractivity contribution in [1.29, 1.82) is 0 Å². The number of amides is 1. The molecular formula is C22H31NO5. The fourth-order valence-electron chi connectivity index (χ4n) is 3.61. The van der Waals surface area contributed by atoms with Crippen molar-refractivity contribution in [2.24, 2.45) is 5.92 Å². The first-order chi connectivity index (χ1) is 13.2. The summed E-state index contributed by atoms with van der Waals surface area (Å²) in [5.74, 6) is -0.897. The molecule has 0 radical (unpaired) electrons. The maximum Gasteiger partial charge on any atom is 0.409 e. The average Bonchev–Trinajstić information content (AvgIpc) is 2.66. The molecule has 0 saturated carbocycles. The maximum atomic E-state index is 12.6. The number of hydrogen-bond acceptors (Lipinski definition) is 5. The summed E-state index contributed by atoms with van der Waals surface area (Å²) in [5, 5.41) is 0. The van der Waals surface area contributed by atoms with E-state index < -0.39 is 12.1 Å². The van der Waals surface area contributed by atoms with Crippen molar-refractivity contribution in [3.8, 4) is 0 Å². The number of methoxy groups -OCH3 is 1. The number of ether oxygens (including phenoxy) is 2. The molecule has 1 aliphatic rings. The molecule has 2 rings (SSSR count). The van der Waals surface area contributed by atoms with Crippen LogP contribution in [-0.4, -0.2) is 43.0 Å². The van der Waals surface area contributed by atoms with Crippen molar-refractivity contribution in [3.05, 3.63) is 35.4 Å². The van der Waals surface area contributed by atoms with Gasteiger partial charge in [-0.15, -0.1) is 0 Å². The standard InChI is InChI=1S/C22H31NO5/c1-6-28-20(25)14-19(24)16-11-12-23(21(26)27-5)18(13-16)15-7-9-17(10-8-15)22(2,3)4/h7-10,16,18H,6,11-14H2,1-5H3/t16-,18-/m1/s1. The van der Waals surface area contributed by atoms with E-state index in [-0.39, 0.29) is 36.2 Å². The van der Waals surface area contributed by atoms with Gasteiger partial charge in [-0.1, -0.05) is 45.0 Å². The van der Waals surface area contributed by atoms with E-state index in [0.29, 0.717) is 19.4 Å². The minimum absolute atomic E-state index is 0.0330. The van der Waals surface area contributed by atoms with Crippen LogP contribution in [0.25, 0.3) is 0 Å². The van der Waals surface area contributed by atoms with Gasteiger partial charge in [0, 0.05) is 12.5 Å². The molecule has 1 aromatic carbocycles. The second kappa shape index (κ2) is 9.22. The first-order valence-corrected chi connectivity index (χ1v) is 9.80. The molecule has 1 heterocycles. The smallest absolute Gasteiger partial charge is 0.409 e. The lowest BCUT2D eigenvalue weighted by Crippen LogP contribution is -2.43. The number of carbonyl (C=O) groups excluding carboxylic acids is 3. The number of rotatable bonds is 5. The molecule has 0 spiro atoms. The van der Waals surface area contributed by atoms with Crippen molar-refractivity contribution < 1.29 is 23.9 Å². The molecule has 154 valence electrons. The van der Waals surface area contributed by atoms with E-state index in [1.165, 1.54) is 12.7 Å². The number of ketones is 1. The Hall–Kier alpha value is -2.37. The van der Waals surface area contributed by atoms with Gasteiger partial charge in [0.25, 0.3) is 0 Å². The molecular weight excluding hydrogens is 358 g/mol. The van der Waals surface area contributed by atoms with E-state index in [0.717, 1.165) is 5.56 Å². The summed E-state index contributed by atoms with van der Waals surface area (Å²) in [6.07, 6.45) is 0.375. The third kappa shape index (κ3) is 5.33. The number of Topliss-reactive ketones (excluding diaryl/α,β-unsaturated/α-hetero) is 1. The summed E-state index contributed by atoms with van der Waals surface area (Å²) < 4.78 is 9.83. The number of carbonyl (C=O) groups is 3. The van der Waals surface area contributed by atoms with Crippen molar-refractivity contribution in [3.63, 3.8) is 0 Å². The fourth-order valence-corrected chi connectivity index (χ4v) is 3.61. The third-order valence-electron chi connectivity index (χ3n) is 5.25. The van der Waals surface area contributed by atoms with Crippen LogP contribution < -0.4 is 0 Å². The van der Waals surface area contributed by atoms with E-state index in [2.05, 4.69) is 32.9 Å². The molecule has 28 heavy (non-hydrogen) atoms. The third-order valence-corrected chi connectivity index (χ3v) is 5.25. The van der Waals surface area contributed by atoms with Gasteiger partial charge >= 0.3 is 12.1 Å². The lowest BCUT2D eigenvalue weighted by atomic mass is 9.82. The van der Waals surface area contributed by atoms with Crippen LogP contribution in [0.4, 0.5) is 4.79 Å². The van der Waals surface area contributed by atoms with Crippen LogP contribution in [0.15, 0.2) is 24.3 Å². The average molecular weight is 389 g/mol. The van der Waals surface area contributed by atoms with Gasteiger partial charge < -0.3 is 14.4 Å². The zero-order valence-corrected chi connectivity index (χ0v) is 17.5. The number of benzene rings is 1. The van der Waals surface area contributed by atoms with E-state index in [1.807, 2.05) is 12.1 Å². The Morgan fingerprint density at radius 2 is 1.79 bits per heavy atom. The largest absolute Gasteiger partial charge is 0.466 e. The first kappa shape index (κ1) is 21.9. The summed E-state index contributed by atoms with van der Waals surface area (Å²) in [7, 11) is 1.36. The fraction of sp³-hybridized carbons (Fsp3) is 0.591. The number of piperidine rings is 1. The molecule has 1 saturated heterocycles. The number of likely N-dealkylation sites (tertiary alicyclic amines) is 1. The Labute approximate surface area is 167 Å². The highest BCUT2D eigenvalue weighted by molar-refractivity contribution is 5.97.